The summed E-state index contributed by atoms with van der Waals surface area (Å²) in [5, 5.41) is 20.6. The van der Waals surface area contributed by atoms with Crippen LogP contribution < -0.4 is 5.32 Å². The van der Waals surface area contributed by atoms with Crippen LogP contribution in [0.3, 0.4) is 0 Å². The Morgan fingerprint density at radius 3 is 2.53 bits per heavy atom. The third-order valence-electron chi connectivity index (χ3n) is 2.18. The molecule has 0 amide bonds. The minimum absolute atomic E-state index is 0.0879. The minimum Gasteiger partial charge on any atom is -0.508 e. The minimum atomic E-state index is -0.805. The maximum atomic E-state index is 10.3. The van der Waals surface area contributed by atoms with Gasteiger partial charge < -0.3 is 15.5 Å². The van der Waals surface area contributed by atoms with Crippen molar-refractivity contribution in [2.75, 3.05) is 6.54 Å². The number of carbonyl (C=O) groups is 1. The summed E-state index contributed by atoms with van der Waals surface area (Å²) in [6.07, 6.45) is 0.114. The Kier molecular flexibility index (Phi) is 4.12. The van der Waals surface area contributed by atoms with Gasteiger partial charge in [-0.2, -0.15) is 0 Å². The fourth-order valence-corrected chi connectivity index (χ4v) is 1.28. The van der Waals surface area contributed by atoms with E-state index in [2.05, 4.69) is 5.32 Å². The van der Waals surface area contributed by atoms with Crippen LogP contribution in [-0.2, 0) is 4.79 Å². The molecule has 0 heterocycles. The number of phenols is 1. The molecule has 1 aromatic rings. The van der Waals surface area contributed by atoms with E-state index in [0.29, 0.717) is 6.54 Å². The zero-order valence-corrected chi connectivity index (χ0v) is 8.60. The molecule has 0 fully saturated rings. The average Bonchev–Trinajstić information content (AvgIpc) is 2.18. The van der Waals surface area contributed by atoms with E-state index in [0.717, 1.165) is 5.56 Å². The van der Waals surface area contributed by atoms with E-state index < -0.39 is 5.97 Å². The Hall–Kier alpha value is -1.55. The van der Waals surface area contributed by atoms with E-state index in [1.54, 1.807) is 12.1 Å². The predicted octanol–water partition coefficient (Wildman–Crippen LogP) is 1.52. The van der Waals surface area contributed by atoms with Crippen LogP contribution in [0.5, 0.6) is 5.75 Å². The lowest BCUT2D eigenvalue weighted by Gasteiger charge is -2.13. The first kappa shape index (κ1) is 11.5. The summed E-state index contributed by atoms with van der Waals surface area (Å²) in [7, 11) is 0. The number of carboxylic acids is 1. The van der Waals surface area contributed by atoms with Crippen molar-refractivity contribution in [3.05, 3.63) is 29.8 Å². The van der Waals surface area contributed by atoms with Crippen molar-refractivity contribution in [2.24, 2.45) is 0 Å². The summed E-state index contributed by atoms with van der Waals surface area (Å²) in [5.74, 6) is -0.572. The number of carboxylic acid groups (broad SMARTS) is 1. The zero-order valence-electron chi connectivity index (χ0n) is 8.60. The molecule has 0 spiro atoms. The van der Waals surface area contributed by atoms with Gasteiger partial charge in [-0.05, 0) is 24.6 Å². The van der Waals surface area contributed by atoms with Gasteiger partial charge in [-0.25, -0.2) is 0 Å². The zero-order chi connectivity index (χ0) is 11.3. The number of aliphatic carboxylic acids is 1. The van der Waals surface area contributed by atoms with Crippen LogP contribution in [0.1, 0.15) is 24.9 Å². The van der Waals surface area contributed by atoms with Crippen molar-refractivity contribution in [2.45, 2.75) is 19.4 Å². The van der Waals surface area contributed by atoms with E-state index in [-0.39, 0.29) is 18.2 Å². The first-order valence-corrected chi connectivity index (χ1v) is 4.83. The molecule has 0 aliphatic carbocycles. The Bertz CT molecular complexity index is 321. The highest BCUT2D eigenvalue weighted by Crippen LogP contribution is 2.15. The second-order valence-electron chi connectivity index (χ2n) is 3.41. The summed E-state index contributed by atoms with van der Waals surface area (Å²) in [5.41, 5.74) is 1.03. The Morgan fingerprint density at radius 2 is 2.00 bits per heavy atom. The Morgan fingerprint density at radius 1 is 1.40 bits per heavy atom. The molecule has 1 unspecified atom stereocenters. The molecule has 0 radical (unpaired) electrons. The maximum absolute atomic E-state index is 10.3. The lowest BCUT2D eigenvalue weighted by molar-refractivity contribution is -0.136. The van der Waals surface area contributed by atoms with Gasteiger partial charge in [-0.15, -0.1) is 0 Å². The third-order valence-corrected chi connectivity index (χ3v) is 2.18. The predicted molar refractivity (Wildman–Crippen MR) is 56.8 cm³/mol. The van der Waals surface area contributed by atoms with Crippen LogP contribution in [0.15, 0.2) is 24.3 Å². The second kappa shape index (κ2) is 5.36. The summed E-state index contributed by atoms with van der Waals surface area (Å²) < 4.78 is 0. The van der Waals surface area contributed by atoms with Crippen LogP contribution in [0.4, 0.5) is 0 Å². The molecule has 4 nitrogen and oxygen atoms in total. The molecule has 0 saturated heterocycles. The molecule has 4 heteroatoms. The molecule has 0 aliphatic rings. The van der Waals surface area contributed by atoms with Gasteiger partial charge in [0, 0.05) is 12.6 Å². The number of hydrogen-bond donors (Lipinski definition) is 3. The molecule has 0 aliphatic heterocycles. The number of hydrogen-bond acceptors (Lipinski definition) is 3. The molecule has 0 saturated carbocycles. The summed E-state index contributed by atoms with van der Waals surface area (Å²) >= 11 is 0. The standard InChI is InChI=1S/C11H15NO3/c1-8(12-7-6-11(14)15)9-2-4-10(13)5-3-9/h2-5,8,12-13H,6-7H2,1H3,(H,14,15). The van der Waals surface area contributed by atoms with E-state index in [1.807, 2.05) is 19.1 Å². The molecule has 82 valence electrons. The number of phenolic OH excluding ortho intramolecular Hbond substituents is 1. The van der Waals surface area contributed by atoms with Gasteiger partial charge in [-0.3, -0.25) is 4.79 Å². The number of benzene rings is 1. The highest BCUT2D eigenvalue weighted by atomic mass is 16.4. The largest absolute Gasteiger partial charge is 0.508 e. The van der Waals surface area contributed by atoms with Gasteiger partial charge >= 0.3 is 5.97 Å². The monoisotopic (exact) mass is 209 g/mol. The molecular weight excluding hydrogens is 194 g/mol. The molecule has 0 bridgehead atoms. The molecule has 3 N–H and O–H groups in total. The van der Waals surface area contributed by atoms with E-state index >= 15 is 0 Å². The Labute approximate surface area is 88.6 Å². The molecule has 1 rings (SSSR count). The SMILES string of the molecule is CC(NCCC(=O)O)c1ccc(O)cc1. The van der Waals surface area contributed by atoms with Gasteiger partial charge in [0.1, 0.15) is 5.75 Å². The highest BCUT2D eigenvalue weighted by molar-refractivity contribution is 5.66. The molecule has 1 atom stereocenters. The van der Waals surface area contributed by atoms with Crippen molar-refractivity contribution in [1.82, 2.24) is 5.32 Å². The third kappa shape index (κ3) is 3.99. The van der Waals surface area contributed by atoms with Crippen molar-refractivity contribution in [1.29, 1.82) is 0 Å². The molecule has 15 heavy (non-hydrogen) atoms. The lowest BCUT2D eigenvalue weighted by Crippen LogP contribution is -2.21. The molecular formula is C11H15NO3. The second-order valence-corrected chi connectivity index (χ2v) is 3.41. The first-order valence-electron chi connectivity index (χ1n) is 4.83. The van der Waals surface area contributed by atoms with Gasteiger partial charge in [0.2, 0.25) is 0 Å². The summed E-state index contributed by atoms with van der Waals surface area (Å²) in [4.78, 5) is 10.3. The summed E-state index contributed by atoms with van der Waals surface area (Å²) in [6, 6.07) is 6.95. The van der Waals surface area contributed by atoms with Crippen molar-refractivity contribution in [3.8, 4) is 5.75 Å². The van der Waals surface area contributed by atoms with E-state index in [4.69, 9.17) is 10.2 Å². The fraction of sp³-hybridized carbons (Fsp3) is 0.364. The van der Waals surface area contributed by atoms with Crippen LogP contribution in [-0.4, -0.2) is 22.7 Å². The highest BCUT2D eigenvalue weighted by Gasteiger charge is 2.05. The van der Waals surface area contributed by atoms with Gasteiger partial charge in [0.05, 0.1) is 6.42 Å². The number of nitrogens with one attached hydrogen (secondary N) is 1. The first-order chi connectivity index (χ1) is 7.09. The molecule has 1 aromatic carbocycles. The van der Waals surface area contributed by atoms with Gasteiger partial charge in [0.15, 0.2) is 0 Å². The van der Waals surface area contributed by atoms with E-state index in [1.165, 1.54) is 0 Å². The molecule has 0 aromatic heterocycles. The number of rotatable bonds is 5. The van der Waals surface area contributed by atoms with Crippen molar-refractivity contribution < 1.29 is 15.0 Å². The van der Waals surface area contributed by atoms with Crippen LogP contribution in [0.25, 0.3) is 0 Å². The van der Waals surface area contributed by atoms with Crippen molar-refractivity contribution >= 4 is 5.97 Å². The lowest BCUT2D eigenvalue weighted by atomic mass is 10.1. The van der Waals surface area contributed by atoms with Crippen LogP contribution >= 0.6 is 0 Å². The van der Waals surface area contributed by atoms with Crippen LogP contribution in [0.2, 0.25) is 0 Å². The maximum Gasteiger partial charge on any atom is 0.304 e. The Balaban J connectivity index is 2.43. The average molecular weight is 209 g/mol. The summed E-state index contributed by atoms with van der Waals surface area (Å²) in [6.45, 7) is 2.39. The normalized spacial score (nSPS) is 12.3. The van der Waals surface area contributed by atoms with Gasteiger partial charge in [0.25, 0.3) is 0 Å². The van der Waals surface area contributed by atoms with Crippen molar-refractivity contribution in [3.63, 3.8) is 0 Å². The van der Waals surface area contributed by atoms with E-state index in [9.17, 15) is 4.79 Å². The smallest absolute Gasteiger partial charge is 0.304 e. The topological polar surface area (TPSA) is 69.6 Å². The fourth-order valence-electron chi connectivity index (χ4n) is 1.28. The quantitative estimate of drug-likeness (QED) is 0.687. The number of aromatic hydroxyl groups is 1. The van der Waals surface area contributed by atoms with Gasteiger partial charge in [-0.1, -0.05) is 12.1 Å². The van der Waals surface area contributed by atoms with Crippen LogP contribution in [0, 0.1) is 0 Å².